The Kier molecular flexibility index (Phi) is 14.7. The first kappa shape index (κ1) is 43.5. The molecule has 50 heavy (non-hydrogen) atoms. The maximum Gasteiger partial charge on any atom is 1.00 e. The summed E-state index contributed by atoms with van der Waals surface area (Å²) in [5, 5.41) is 36.2. The Balaban J connectivity index is 0.000000414. The number of halogens is 6. The molecule has 0 atom stereocenters. The summed E-state index contributed by atoms with van der Waals surface area (Å²) in [5.41, 5.74) is 6.22. The van der Waals surface area contributed by atoms with E-state index in [9.17, 15) is 25.2 Å². The molecule has 14 heteroatoms. The first-order valence-electron chi connectivity index (χ1n) is 14.8. The average molecular weight is 804 g/mol. The van der Waals surface area contributed by atoms with Crippen molar-refractivity contribution in [2.75, 3.05) is 0 Å². The van der Waals surface area contributed by atoms with Crippen LogP contribution in [0.3, 0.4) is 0 Å². The Hall–Kier alpha value is -4.55. The Morgan fingerprint density at radius 3 is 1.18 bits per heavy atom. The molecule has 4 rings (SSSR count). The molecule has 0 saturated heterocycles. The molecule has 6 nitrogen and oxygen atoms in total. The Labute approximate surface area is 303 Å². The molecule has 0 spiro atoms. The van der Waals surface area contributed by atoms with E-state index in [-0.39, 0.29) is 44.4 Å². The molecule has 2 aromatic heterocycles. The quantitative estimate of drug-likeness (QED) is 0.131. The van der Waals surface area contributed by atoms with E-state index in [1.807, 2.05) is 97.1 Å². The number of allylic oxidation sites excluding steroid dienone is 10. The fourth-order valence-corrected chi connectivity index (χ4v) is 5.12. The minimum Gasteiger partial charge on any atom is 1.00 e. The summed E-state index contributed by atoms with van der Waals surface area (Å²) in [6, 6.07) is 19.5. The Morgan fingerprint density at radius 1 is 0.600 bits per heavy atom. The number of pyridine rings is 2. The van der Waals surface area contributed by atoms with Crippen molar-refractivity contribution in [1.29, 1.82) is 21.0 Å². The van der Waals surface area contributed by atoms with E-state index in [0.29, 0.717) is 0 Å². The molecule has 0 aliphatic heterocycles. The SMILES string of the molecule is CC1(C)CC(/C=C/c2ccccn2)=CC(=C(C#N)C#N)C1.CC1(C)CC(/C=C/c2ccccn2)=CC(=C(C#N)C#N)C1.F[P-](F)(F)(F)(F)F.[Ag+]. The second-order valence-corrected chi connectivity index (χ2v) is 14.8. The third-order valence-electron chi connectivity index (χ3n) is 6.82. The Morgan fingerprint density at radius 2 is 0.920 bits per heavy atom. The predicted octanol–water partition coefficient (Wildman–Crippen LogP) is 11.7. The first-order valence-corrected chi connectivity index (χ1v) is 16.8. The maximum atomic E-state index is 9.87. The zero-order valence-corrected chi connectivity index (χ0v) is 30.0. The van der Waals surface area contributed by atoms with Gasteiger partial charge in [0, 0.05) is 12.4 Å². The summed E-state index contributed by atoms with van der Waals surface area (Å²) in [4.78, 5) is 8.51. The second kappa shape index (κ2) is 16.9. The summed E-state index contributed by atoms with van der Waals surface area (Å²) in [7, 11) is -10.7. The minimum absolute atomic E-state index is 0. The third-order valence-corrected chi connectivity index (χ3v) is 6.82. The summed E-state index contributed by atoms with van der Waals surface area (Å²) < 4.78 is 59.2. The van der Waals surface area contributed by atoms with Gasteiger partial charge in [-0.3, -0.25) is 9.97 Å². The van der Waals surface area contributed by atoms with Gasteiger partial charge in [0.1, 0.15) is 35.4 Å². The normalized spacial score (nSPS) is 17.5. The van der Waals surface area contributed by atoms with Gasteiger partial charge in [0.25, 0.3) is 0 Å². The van der Waals surface area contributed by atoms with Gasteiger partial charge in [-0.2, -0.15) is 21.0 Å². The van der Waals surface area contributed by atoms with Crippen LogP contribution in [0.5, 0.6) is 0 Å². The third kappa shape index (κ3) is 18.3. The van der Waals surface area contributed by atoms with Gasteiger partial charge in [-0.1, -0.05) is 64.1 Å². The van der Waals surface area contributed by atoms with E-state index >= 15 is 0 Å². The van der Waals surface area contributed by atoms with Crippen LogP contribution in [0, 0.1) is 56.2 Å². The van der Waals surface area contributed by atoms with Crippen molar-refractivity contribution in [2.24, 2.45) is 10.8 Å². The zero-order valence-electron chi connectivity index (χ0n) is 27.6. The topological polar surface area (TPSA) is 121 Å². The number of rotatable bonds is 4. The van der Waals surface area contributed by atoms with Gasteiger partial charge in [-0.05, 0) is 95.2 Å². The standard InChI is InChI=1S/2C18H17N3.Ag.F6P/c2*1-18(2)10-14(6-7-17-5-3-4-8-21-17)9-15(11-18)16(12-19)13-20;;1-7(2,3,4,5)6/h2*3-9H,10-11H2,1-2H3;;/q;;+1;-1/b2*7-6+;;. The summed E-state index contributed by atoms with van der Waals surface area (Å²) in [6.07, 6.45) is 18.8. The molecule has 2 aromatic rings. The van der Waals surface area contributed by atoms with E-state index in [1.54, 1.807) is 12.4 Å². The van der Waals surface area contributed by atoms with Crippen molar-refractivity contribution >= 4 is 20.0 Å². The molecule has 0 radical (unpaired) electrons. The summed E-state index contributed by atoms with van der Waals surface area (Å²) in [6.45, 7) is 8.61. The van der Waals surface area contributed by atoms with Gasteiger partial charge in [0.2, 0.25) is 0 Å². The van der Waals surface area contributed by atoms with Crippen LogP contribution < -0.4 is 0 Å². The molecular weight excluding hydrogens is 769 g/mol. The van der Waals surface area contributed by atoms with E-state index < -0.39 is 7.81 Å². The van der Waals surface area contributed by atoms with E-state index in [1.165, 1.54) is 0 Å². The van der Waals surface area contributed by atoms with Crippen LogP contribution in [0.15, 0.2) is 107 Å². The molecule has 2 aliphatic rings. The summed E-state index contributed by atoms with van der Waals surface area (Å²) >= 11 is 0. The minimum atomic E-state index is -10.7. The number of hydrogen-bond donors (Lipinski definition) is 0. The molecule has 266 valence electrons. The largest absolute Gasteiger partial charge is 1.00 e. The van der Waals surface area contributed by atoms with E-state index in [4.69, 9.17) is 21.0 Å². The molecular formula is C36H34AgF6N6P. The number of aromatic nitrogens is 2. The van der Waals surface area contributed by atoms with Crippen molar-refractivity contribution in [3.63, 3.8) is 0 Å². The Bertz CT molecular complexity index is 1710. The maximum absolute atomic E-state index is 10.7. The predicted molar refractivity (Wildman–Crippen MR) is 179 cm³/mol. The van der Waals surface area contributed by atoms with Crippen molar-refractivity contribution in [3.05, 3.63) is 118 Å². The van der Waals surface area contributed by atoms with Crippen molar-refractivity contribution < 1.29 is 47.6 Å². The molecule has 2 aliphatic carbocycles. The molecule has 0 aromatic carbocycles. The molecule has 0 fully saturated rings. The number of nitriles is 4. The van der Waals surface area contributed by atoms with Crippen LogP contribution >= 0.6 is 7.81 Å². The van der Waals surface area contributed by atoms with Crippen LogP contribution in [-0.2, 0) is 22.4 Å². The van der Waals surface area contributed by atoms with Gasteiger partial charge >= 0.3 is 55.4 Å². The monoisotopic (exact) mass is 802 g/mol. The average Bonchev–Trinajstić information content (AvgIpc) is 2.99. The molecule has 0 saturated carbocycles. The molecule has 0 unspecified atom stereocenters. The fourth-order valence-electron chi connectivity index (χ4n) is 5.12. The van der Waals surface area contributed by atoms with Gasteiger partial charge in [0.15, 0.2) is 0 Å². The summed E-state index contributed by atoms with van der Waals surface area (Å²) in [5.74, 6) is 0. The van der Waals surface area contributed by atoms with Crippen molar-refractivity contribution in [2.45, 2.75) is 53.4 Å². The van der Waals surface area contributed by atoms with Gasteiger partial charge in [0.05, 0.1) is 11.4 Å². The zero-order chi connectivity index (χ0) is 37.0. The van der Waals surface area contributed by atoms with Crippen LogP contribution in [0.2, 0.25) is 0 Å². The van der Waals surface area contributed by atoms with Crippen LogP contribution in [-0.4, -0.2) is 9.97 Å². The number of hydrogen-bond acceptors (Lipinski definition) is 6. The smallest absolute Gasteiger partial charge is 1.00 e. The van der Waals surface area contributed by atoms with Crippen LogP contribution in [0.25, 0.3) is 12.2 Å². The molecule has 0 N–H and O–H groups in total. The van der Waals surface area contributed by atoms with Crippen LogP contribution in [0.1, 0.15) is 64.8 Å². The van der Waals surface area contributed by atoms with E-state index in [2.05, 4.69) is 37.7 Å². The fraction of sp³-hybridized carbons (Fsp3) is 0.278. The number of nitrogens with zero attached hydrogens (tertiary/aromatic N) is 6. The van der Waals surface area contributed by atoms with E-state index in [0.717, 1.165) is 59.4 Å². The van der Waals surface area contributed by atoms with Gasteiger partial charge in [-0.15, -0.1) is 0 Å². The second-order valence-electron chi connectivity index (χ2n) is 12.9. The molecule has 2 heterocycles. The van der Waals surface area contributed by atoms with Crippen LogP contribution in [0.4, 0.5) is 25.2 Å². The molecule has 0 bridgehead atoms. The van der Waals surface area contributed by atoms with Crippen molar-refractivity contribution in [1.82, 2.24) is 9.97 Å². The first-order chi connectivity index (χ1) is 22.5. The van der Waals surface area contributed by atoms with Crippen molar-refractivity contribution in [3.8, 4) is 24.3 Å². The molecule has 0 amide bonds. The van der Waals surface area contributed by atoms with Gasteiger partial charge in [-0.25, -0.2) is 0 Å². The van der Waals surface area contributed by atoms with Gasteiger partial charge < -0.3 is 0 Å².